The van der Waals surface area contributed by atoms with Crippen LogP contribution in [-0.4, -0.2) is 35.6 Å². The first kappa shape index (κ1) is 16.0. The molecule has 4 heteroatoms. The Hall–Kier alpha value is -1.91. The van der Waals surface area contributed by atoms with Crippen LogP contribution in [0.1, 0.15) is 25.3 Å². The van der Waals surface area contributed by atoms with Crippen LogP contribution in [-0.2, 0) is 6.54 Å². The Morgan fingerprint density at radius 2 is 1.91 bits per heavy atom. The molecule has 3 rings (SSSR count). The maximum Gasteiger partial charge on any atom is 0.223 e. The van der Waals surface area contributed by atoms with Crippen LogP contribution in [0.15, 0.2) is 48.7 Å². The minimum atomic E-state index is 0.586. The van der Waals surface area contributed by atoms with E-state index >= 15 is 0 Å². The van der Waals surface area contributed by atoms with Gasteiger partial charge in [0.15, 0.2) is 0 Å². The average molecular weight is 311 g/mol. The second kappa shape index (κ2) is 8.09. The summed E-state index contributed by atoms with van der Waals surface area (Å²) in [4.78, 5) is 6.90. The zero-order valence-electron chi connectivity index (χ0n) is 13.7. The summed E-state index contributed by atoms with van der Waals surface area (Å²) in [6.45, 7) is 6.57. The number of nitrogens with one attached hydrogen (secondary N) is 1. The van der Waals surface area contributed by atoms with E-state index in [9.17, 15) is 0 Å². The molecule has 0 atom stereocenters. The first-order valence-electron chi connectivity index (χ1n) is 8.47. The Labute approximate surface area is 138 Å². The van der Waals surface area contributed by atoms with E-state index in [4.69, 9.17) is 4.74 Å². The van der Waals surface area contributed by atoms with Crippen molar-refractivity contribution in [2.45, 2.75) is 32.4 Å². The Morgan fingerprint density at radius 1 is 1.13 bits per heavy atom. The molecule has 1 aliphatic rings. The first-order chi connectivity index (χ1) is 11.3. The normalized spacial score (nSPS) is 16.4. The zero-order valence-corrected chi connectivity index (χ0v) is 13.7. The smallest absolute Gasteiger partial charge is 0.223 e. The third-order valence-electron chi connectivity index (χ3n) is 4.42. The lowest BCUT2D eigenvalue weighted by molar-refractivity contribution is 0.205. The number of aromatic nitrogens is 1. The zero-order chi connectivity index (χ0) is 15.9. The van der Waals surface area contributed by atoms with Gasteiger partial charge in [-0.05, 0) is 50.7 Å². The third kappa shape index (κ3) is 4.53. The Morgan fingerprint density at radius 3 is 2.65 bits per heavy atom. The fraction of sp³-hybridized carbons (Fsp3) is 0.421. The van der Waals surface area contributed by atoms with Crippen molar-refractivity contribution in [2.75, 3.05) is 19.6 Å². The second-order valence-electron chi connectivity index (χ2n) is 5.97. The van der Waals surface area contributed by atoms with Gasteiger partial charge >= 0.3 is 0 Å². The lowest BCUT2D eigenvalue weighted by atomic mass is 10.0. The molecule has 122 valence electrons. The number of para-hydroxylation sites is 1. The van der Waals surface area contributed by atoms with Gasteiger partial charge in [0.1, 0.15) is 5.75 Å². The average Bonchev–Trinajstić information content (AvgIpc) is 2.62. The minimum Gasteiger partial charge on any atom is -0.439 e. The van der Waals surface area contributed by atoms with Crippen LogP contribution in [0.2, 0.25) is 0 Å². The van der Waals surface area contributed by atoms with Crippen LogP contribution < -0.4 is 10.1 Å². The van der Waals surface area contributed by atoms with E-state index in [0.29, 0.717) is 11.9 Å². The van der Waals surface area contributed by atoms with Crippen LogP contribution >= 0.6 is 0 Å². The molecule has 0 bridgehead atoms. The molecule has 4 nitrogen and oxygen atoms in total. The lowest BCUT2D eigenvalue weighted by Gasteiger charge is -2.31. The molecule has 0 aliphatic carbocycles. The summed E-state index contributed by atoms with van der Waals surface area (Å²) in [7, 11) is 0. The SMILES string of the molecule is CCN1CCC(NCc2cccnc2Oc2ccccc2)CC1. The molecule has 0 unspecified atom stereocenters. The molecular weight excluding hydrogens is 286 g/mol. The number of nitrogens with zero attached hydrogens (tertiary/aromatic N) is 2. The van der Waals surface area contributed by atoms with Gasteiger partial charge in [-0.1, -0.05) is 31.2 Å². The van der Waals surface area contributed by atoms with Crippen molar-refractivity contribution in [1.82, 2.24) is 15.2 Å². The van der Waals surface area contributed by atoms with E-state index in [0.717, 1.165) is 24.4 Å². The molecule has 1 aliphatic heterocycles. The van der Waals surface area contributed by atoms with E-state index in [1.54, 1.807) is 6.20 Å². The van der Waals surface area contributed by atoms with Crippen molar-refractivity contribution in [2.24, 2.45) is 0 Å². The number of hydrogen-bond acceptors (Lipinski definition) is 4. The summed E-state index contributed by atoms with van der Waals surface area (Å²) in [5, 5.41) is 3.66. The van der Waals surface area contributed by atoms with E-state index in [1.807, 2.05) is 36.4 Å². The van der Waals surface area contributed by atoms with Crippen molar-refractivity contribution in [3.05, 3.63) is 54.2 Å². The summed E-state index contributed by atoms with van der Waals surface area (Å²) in [5.74, 6) is 1.51. The molecule has 1 aromatic carbocycles. The predicted octanol–water partition coefficient (Wildman–Crippen LogP) is 3.45. The van der Waals surface area contributed by atoms with E-state index in [-0.39, 0.29) is 0 Å². The molecular formula is C19H25N3O. The number of rotatable bonds is 6. The van der Waals surface area contributed by atoms with Gasteiger partial charge in [0.05, 0.1) is 0 Å². The molecule has 2 heterocycles. The highest BCUT2D eigenvalue weighted by atomic mass is 16.5. The van der Waals surface area contributed by atoms with Gasteiger partial charge < -0.3 is 15.0 Å². The highest BCUT2D eigenvalue weighted by Crippen LogP contribution is 2.22. The minimum absolute atomic E-state index is 0.586. The second-order valence-corrected chi connectivity index (χ2v) is 5.97. The molecule has 1 saturated heterocycles. The highest BCUT2D eigenvalue weighted by Gasteiger charge is 2.18. The summed E-state index contributed by atoms with van der Waals surface area (Å²) in [6, 6.07) is 14.5. The van der Waals surface area contributed by atoms with Crippen molar-refractivity contribution in [1.29, 1.82) is 0 Å². The van der Waals surface area contributed by atoms with Gasteiger partial charge in [-0.2, -0.15) is 0 Å². The van der Waals surface area contributed by atoms with Crippen LogP contribution in [0.5, 0.6) is 11.6 Å². The standard InChI is InChI=1S/C19H25N3O/c1-2-22-13-10-17(11-14-22)21-15-16-7-6-12-20-19(16)23-18-8-4-3-5-9-18/h3-9,12,17,21H,2,10-11,13-15H2,1H3. The molecule has 0 spiro atoms. The number of pyridine rings is 1. The van der Waals surface area contributed by atoms with Gasteiger partial charge in [0.2, 0.25) is 5.88 Å². The van der Waals surface area contributed by atoms with E-state index in [2.05, 4.69) is 28.2 Å². The van der Waals surface area contributed by atoms with Crippen LogP contribution in [0, 0.1) is 0 Å². The molecule has 23 heavy (non-hydrogen) atoms. The van der Waals surface area contributed by atoms with Gasteiger partial charge in [-0.15, -0.1) is 0 Å². The monoisotopic (exact) mass is 311 g/mol. The quantitative estimate of drug-likeness (QED) is 0.886. The van der Waals surface area contributed by atoms with Crippen LogP contribution in [0.3, 0.4) is 0 Å². The Bertz CT molecular complexity index is 595. The number of ether oxygens (including phenoxy) is 1. The number of piperidine rings is 1. The molecule has 1 aromatic heterocycles. The fourth-order valence-corrected chi connectivity index (χ4v) is 2.96. The topological polar surface area (TPSA) is 37.4 Å². The van der Waals surface area contributed by atoms with Gasteiger partial charge in [-0.3, -0.25) is 0 Å². The summed E-state index contributed by atoms with van der Waals surface area (Å²) in [5.41, 5.74) is 1.11. The third-order valence-corrected chi connectivity index (χ3v) is 4.42. The number of likely N-dealkylation sites (tertiary alicyclic amines) is 1. The van der Waals surface area contributed by atoms with Crippen LogP contribution in [0.25, 0.3) is 0 Å². The summed E-state index contributed by atoms with van der Waals surface area (Å²) >= 11 is 0. The van der Waals surface area contributed by atoms with E-state index in [1.165, 1.54) is 25.9 Å². The van der Waals surface area contributed by atoms with Crippen molar-refractivity contribution >= 4 is 0 Å². The van der Waals surface area contributed by atoms with Crippen LogP contribution in [0.4, 0.5) is 0 Å². The maximum absolute atomic E-state index is 5.92. The maximum atomic E-state index is 5.92. The van der Waals surface area contributed by atoms with Gasteiger partial charge in [-0.25, -0.2) is 4.98 Å². The molecule has 0 radical (unpaired) electrons. The van der Waals surface area contributed by atoms with Gasteiger partial charge in [0, 0.05) is 24.3 Å². The highest BCUT2D eigenvalue weighted by molar-refractivity contribution is 5.32. The molecule has 0 saturated carbocycles. The predicted molar refractivity (Wildman–Crippen MR) is 92.7 cm³/mol. The lowest BCUT2D eigenvalue weighted by Crippen LogP contribution is -2.42. The summed E-state index contributed by atoms with van der Waals surface area (Å²) < 4.78 is 5.92. The Balaban J connectivity index is 1.58. The number of benzene rings is 1. The van der Waals surface area contributed by atoms with Gasteiger partial charge in [0.25, 0.3) is 0 Å². The van der Waals surface area contributed by atoms with Crippen molar-refractivity contribution < 1.29 is 4.74 Å². The Kier molecular flexibility index (Phi) is 5.61. The first-order valence-corrected chi connectivity index (χ1v) is 8.47. The molecule has 2 aromatic rings. The largest absolute Gasteiger partial charge is 0.439 e. The van der Waals surface area contributed by atoms with Crippen molar-refractivity contribution in [3.63, 3.8) is 0 Å². The van der Waals surface area contributed by atoms with Crippen molar-refractivity contribution in [3.8, 4) is 11.6 Å². The summed E-state index contributed by atoms with van der Waals surface area (Å²) in [6.07, 6.45) is 4.20. The molecule has 0 amide bonds. The van der Waals surface area contributed by atoms with E-state index < -0.39 is 0 Å². The molecule has 1 fully saturated rings. The molecule has 1 N–H and O–H groups in total. The fourth-order valence-electron chi connectivity index (χ4n) is 2.96. The number of hydrogen-bond donors (Lipinski definition) is 1.